The molecule has 20 heavy (non-hydrogen) atoms. The Balaban J connectivity index is 1.58. The highest BCUT2D eigenvalue weighted by atomic mass is 19.1. The van der Waals surface area contributed by atoms with Crippen LogP contribution in [0.4, 0.5) is 4.39 Å². The van der Waals surface area contributed by atoms with Crippen molar-refractivity contribution in [3.8, 4) is 0 Å². The summed E-state index contributed by atoms with van der Waals surface area (Å²) < 4.78 is 13.7. The molecule has 0 radical (unpaired) electrons. The van der Waals surface area contributed by atoms with Crippen LogP contribution in [0.1, 0.15) is 24.8 Å². The SMILES string of the molecule is Fc1cccc2c(CCC34C=CC(CC3)CN4)c[nH]c12. The largest absolute Gasteiger partial charge is 0.359 e. The first-order chi connectivity index (χ1) is 9.76. The lowest BCUT2D eigenvalue weighted by atomic mass is 9.75. The first kappa shape index (κ1) is 12.2. The number of aryl methyl sites for hydroxylation is 1. The molecule has 2 N–H and O–H groups in total. The minimum absolute atomic E-state index is 0.164. The van der Waals surface area contributed by atoms with Crippen LogP contribution in [-0.4, -0.2) is 17.1 Å². The summed E-state index contributed by atoms with van der Waals surface area (Å²) in [6.07, 6.45) is 11.3. The zero-order valence-electron chi connectivity index (χ0n) is 11.5. The van der Waals surface area contributed by atoms with Crippen LogP contribution in [0.25, 0.3) is 10.9 Å². The third-order valence-corrected chi connectivity index (χ3v) is 4.96. The molecular formula is C17H19FN2. The Hall–Kier alpha value is -1.61. The van der Waals surface area contributed by atoms with Crippen molar-refractivity contribution in [2.24, 2.45) is 5.92 Å². The van der Waals surface area contributed by atoms with E-state index < -0.39 is 0 Å². The first-order valence-electron chi connectivity index (χ1n) is 7.45. The van der Waals surface area contributed by atoms with Crippen LogP contribution in [-0.2, 0) is 6.42 Å². The topological polar surface area (TPSA) is 27.8 Å². The van der Waals surface area contributed by atoms with Gasteiger partial charge in [0.15, 0.2) is 0 Å². The molecule has 1 fully saturated rings. The van der Waals surface area contributed by atoms with Crippen LogP contribution in [0.5, 0.6) is 0 Å². The van der Waals surface area contributed by atoms with E-state index in [1.54, 1.807) is 6.07 Å². The number of aromatic amines is 1. The molecule has 0 amide bonds. The fraction of sp³-hybridized carbons (Fsp3) is 0.412. The molecule has 1 aromatic carbocycles. The quantitative estimate of drug-likeness (QED) is 0.820. The van der Waals surface area contributed by atoms with E-state index in [4.69, 9.17) is 0 Å². The molecule has 1 saturated heterocycles. The predicted octanol–water partition coefficient (Wildman–Crippen LogP) is 3.55. The van der Waals surface area contributed by atoms with Crippen molar-refractivity contribution >= 4 is 10.9 Å². The lowest BCUT2D eigenvalue weighted by molar-refractivity contribution is 0.241. The molecule has 2 bridgehead atoms. The maximum Gasteiger partial charge on any atom is 0.147 e. The van der Waals surface area contributed by atoms with Crippen LogP contribution in [0, 0.1) is 11.7 Å². The number of hydrogen-bond donors (Lipinski definition) is 2. The second kappa shape index (κ2) is 4.45. The minimum atomic E-state index is -0.164. The van der Waals surface area contributed by atoms with E-state index in [1.807, 2.05) is 12.3 Å². The summed E-state index contributed by atoms with van der Waals surface area (Å²) in [6, 6.07) is 5.30. The number of rotatable bonds is 3. The van der Waals surface area contributed by atoms with Gasteiger partial charge in [-0.25, -0.2) is 4.39 Å². The van der Waals surface area contributed by atoms with Gasteiger partial charge in [-0.2, -0.15) is 0 Å². The highest BCUT2D eigenvalue weighted by Gasteiger charge is 2.35. The van der Waals surface area contributed by atoms with Gasteiger partial charge in [-0.3, -0.25) is 0 Å². The molecule has 3 heterocycles. The summed E-state index contributed by atoms with van der Waals surface area (Å²) in [7, 11) is 0. The molecule has 0 saturated carbocycles. The molecule has 0 spiro atoms. The molecule has 2 nitrogen and oxygen atoms in total. The summed E-state index contributed by atoms with van der Waals surface area (Å²) in [5.74, 6) is 0.571. The van der Waals surface area contributed by atoms with Gasteiger partial charge in [0, 0.05) is 23.7 Å². The zero-order chi connectivity index (χ0) is 13.6. The average Bonchev–Trinajstić information content (AvgIpc) is 2.92. The van der Waals surface area contributed by atoms with Crippen LogP contribution in [0.3, 0.4) is 0 Å². The van der Waals surface area contributed by atoms with Crippen LogP contribution in [0.2, 0.25) is 0 Å². The summed E-state index contributed by atoms with van der Waals surface area (Å²) in [4.78, 5) is 3.07. The second-order valence-corrected chi connectivity index (χ2v) is 6.17. The summed E-state index contributed by atoms with van der Waals surface area (Å²) in [5, 5.41) is 4.71. The first-order valence-corrected chi connectivity index (χ1v) is 7.45. The molecule has 1 aromatic heterocycles. The van der Waals surface area contributed by atoms with E-state index in [-0.39, 0.29) is 11.4 Å². The molecule has 1 aliphatic carbocycles. The van der Waals surface area contributed by atoms with E-state index in [1.165, 1.54) is 24.5 Å². The van der Waals surface area contributed by atoms with Gasteiger partial charge in [-0.05, 0) is 43.2 Å². The van der Waals surface area contributed by atoms with Crippen molar-refractivity contribution in [2.45, 2.75) is 31.2 Å². The number of nitrogens with one attached hydrogen (secondary N) is 2. The summed E-state index contributed by atoms with van der Waals surface area (Å²) in [5.41, 5.74) is 2.03. The Kier molecular flexibility index (Phi) is 2.71. The number of fused-ring (bicyclic) bond motifs is 3. The molecule has 104 valence electrons. The highest BCUT2D eigenvalue weighted by Crippen LogP contribution is 2.35. The van der Waals surface area contributed by atoms with E-state index in [0.717, 1.165) is 30.7 Å². The van der Waals surface area contributed by atoms with Gasteiger partial charge in [-0.1, -0.05) is 24.3 Å². The Labute approximate surface area is 118 Å². The van der Waals surface area contributed by atoms with E-state index in [9.17, 15) is 4.39 Å². The number of aromatic nitrogens is 1. The number of halogens is 1. The molecule has 5 rings (SSSR count). The van der Waals surface area contributed by atoms with Crippen LogP contribution < -0.4 is 5.32 Å². The number of para-hydroxylation sites is 1. The fourth-order valence-electron chi connectivity index (χ4n) is 3.63. The van der Waals surface area contributed by atoms with E-state index in [0.29, 0.717) is 5.52 Å². The smallest absolute Gasteiger partial charge is 0.147 e. The van der Waals surface area contributed by atoms with Crippen molar-refractivity contribution in [3.63, 3.8) is 0 Å². The van der Waals surface area contributed by atoms with Gasteiger partial charge in [0.05, 0.1) is 5.52 Å². The maximum atomic E-state index is 13.7. The molecular weight excluding hydrogens is 251 g/mol. The third kappa shape index (κ3) is 1.88. The number of H-pyrrole nitrogens is 1. The molecule has 2 aliphatic heterocycles. The molecule has 3 heteroatoms. The zero-order valence-corrected chi connectivity index (χ0v) is 11.5. The number of benzene rings is 1. The number of hydrogen-bond acceptors (Lipinski definition) is 1. The number of piperidine rings is 1. The van der Waals surface area contributed by atoms with Crippen LogP contribution >= 0.6 is 0 Å². The van der Waals surface area contributed by atoms with Crippen LogP contribution in [0.15, 0.2) is 36.5 Å². The van der Waals surface area contributed by atoms with Gasteiger partial charge >= 0.3 is 0 Å². The van der Waals surface area contributed by atoms with Crippen molar-refractivity contribution in [1.29, 1.82) is 0 Å². The van der Waals surface area contributed by atoms with Gasteiger partial charge < -0.3 is 10.3 Å². The Morgan fingerprint density at radius 3 is 3.05 bits per heavy atom. The molecule has 2 atom stereocenters. The van der Waals surface area contributed by atoms with E-state index in [2.05, 4.69) is 22.5 Å². The Bertz CT molecular complexity index is 663. The average molecular weight is 270 g/mol. The van der Waals surface area contributed by atoms with Gasteiger partial charge in [0.25, 0.3) is 0 Å². The lowest BCUT2D eigenvalue weighted by Crippen LogP contribution is -2.52. The van der Waals surface area contributed by atoms with E-state index >= 15 is 0 Å². The van der Waals surface area contributed by atoms with Crippen molar-refractivity contribution in [1.82, 2.24) is 10.3 Å². The summed E-state index contributed by atoms with van der Waals surface area (Å²) >= 11 is 0. The van der Waals surface area contributed by atoms with Gasteiger partial charge in [0.1, 0.15) is 5.82 Å². The highest BCUT2D eigenvalue weighted by molar-refractivity contribution is 5.83. The Morgan fingerprint density at radius 2 is 2.30 bits per heavy atom. The van der Waals surface area contributed by atoms with Crippen molar-refractivity contribution in [2.75, 3.05) is 6.54 Å². The van der Waals surface area contributed by atoms with Crippen molar-refractivity contribution < 1.29 is 4.39 Å². The van der Waals surface area contributed by atoms with Gasteiger partial charge in [-0.15, -0.1) is 0 Å². The maximum absolute atomic E-state index is 13.7. The molecule has 3 aliphatic rings. The second-order valence-electron chi connectivity index (χ2n) is 6.17. The summed E-state index contributed by atoms with van der Waals surface area (Å²) in [6.45, 7) is 1.11. The minimum Gasteiger partial charge on any atom is -0.359 e. The predicted molar refractivity (Wildman–Crippen MR) is 79.2 cm³/mol. The third-order valence-electron chi connectivity index (χ3n) is 4.96. The fourth-order valence-corrected chi connectivity index (χ4v) is 3.63. The molecule has 2 unspecified atom stereocenters. The monoisotopic (exact) mass is 270 g/mol. The molecule has 2 aromatic rings. The Morgan fingerprint density at radius 1 is 1.35 bits per heavy atom. The lowest BCUT2D eigenvalue weighted by Gasteiger charge is -2.43. The van der Waals surface area contributed by atoms with Gasteiger partial charge in [0.2, 0.25) is 0 Å². The normalized spacial score (nSPS) is 28.4. The standard InChI is InChI=1S/C17H19FN2/c18-15-3-1-2-14-13(11-19-16(14)15)6-9-17-7-4-12(5-8-17)10-20-17/h1-4,7,11-12,19-20H,5-6,8-10H2. The van der Waals surface area contributed by atoms with Crippen molar-refractivity contribution in [3.05, 3.63) is 47.9 Å².